The molecule has 0 unspecified atom stereocenters. The highest BCUT2D eigenvalue weighted by Gasteiger charge is 2.30. The van der Waals surface area contributed by atoms with Crippen LogP contribution in [0.4, 0.5) is 0 Å². The van der Waals surface area contributed by atoms with E-state index in [1.54, 1.807) is 0 Å². The summed E-state index contributed by atoms with van der Waals surface area (Å²) in [6, 6.07) is 1.17. The van der Waals surface area contributed by atoms with E-state index in [2.05, 4.69) is 22.0 Å². The zero-order valence-electron chi connectivity index (χ0n) is 15.6. The summed E-state index contributed by atoms with van der Waals surface area (Å²) < 4.78 is 0. The molecule has 3 fully saturated rings. The topological polar surface area (TPSA) is 35.6 Å². The fraction of sp³-hybridized carbons (Fsp3) is 0.950. The molecule has 24 heavy (non-hydrogen) atoms. The van der Waals surface area contributed by atoms with Gasteiger partial charge in [0.05, 0.1) is 0 Å². The van der Waals surface area contributed by atoms with Crippen molar-refractivity contribution >= 4 is 5.91 Å². The number of hydrogen-bond acceptors (Lipinski definition) is 3. The minimum Gasteiger partial charge on any atom is -0.352 e. The Balaban J connectivity index is 1.45. The van der Waals surface area contributed by atoms with Crippen LogP contribution in [0.15, 0.2) is 0 Å². The number of rotatable bonds is 4. The summed E-state index contributed by atoms with van der Waals surface area (Å²) in [6.45, 7) is 7.84. The normalized spacial score (nSPS) is 29.3. The van der Waals surface area contributed by atoms with Gasteiger partial charge in [0, 0.05) is 24.5 Å². The van der Waals surface area contributed by atoms with Crippen molar-refractivity contribution in [3.8, 4) is 0 Å². The lowest BCUT2D eigenvalue weighted by molar-refractivity contribution is -0.127. The molecule has 0 aromatic carbocycles. The number of hydrogen-bond donors (Lipinski definition) is 1. The van der Waals surface area contributed by atoms with Crippen LogP contribution in [0.5, 0.6) is 0 Å². The van der Waals surface area contributed by atoms with E-state index in [0.717, 1.165) is 45.1 Å². The second kappa shape index (κ2) is 9.19. The number of likely N-dealkylation sites (tertiary alicyclic amines) is 2. The van der Waals surface area contributed by atoms with Gasteiger partial charge in [0.1, 0.15) is 0 Å². The van der Waals surface area contributed by atoms with E-state index in [4.69, 9.17) is 0 Å². The monoisotopic (exact) mass is 335 g/mol. The highest BCUT2D eigenvalue weighted by molar-refractivity contribution is 5.79. The third-order valence-corrected chi connectivity index (χ3v) is 6.55. The van der Waals surface area contributed by atoms with Gasteiger partial charge in [-0.1, -0.05) is 32.6 Å². The molecular weight excluding hydrogens is 298 g/mol. The number of amides is 1. The summed E-state index contributed by atoms with van der Waals surface area (Å²) in [5, 5.41) is 3.41. The number of carbonyl (C=O) groups is 1. The van der Waals surface area contributed by atoms with Crippen LogP contribution in [0.25, 0.3) is 0 Å². The van der Waals surface area contributed by atoms with Crippen LogP contribution >= 0.6 is 0 Å². The van der Waals surface area contributed by atoms with Gasteiger partial charge in [0.25, 0.3) is 0 Å². The summed E-state index contributed by atoms with van der Waals surface area (Å²) in [7, 11) is 0. The van der Waals surface area contributed by atoms with Crippen molar-refractivity contribution in [2.24, 2.45) is 5.92 Å². The van der Waals surface area contributed by atoms with Crippen LogP contribution in [0, 0.1) is 5.92 Å². The highest BCUT2D eigenvalue weighted by Crippen LogP contribution is 2.25. The molecule has 0 aromatic heterocycles. The van der Waals surface area contributed by atoms with Gasteiger partial charge in [-0.25, -0.2) is 0 Å². The average Bonchev–Trinajstić information content (AvgIpc) is 2.91. The van der Waals surface area contributed by atoms with Gasteiger partial charge >= 0.3 is 0 Å². The van der Waals surface area contributed by atoms with Crippen LogP contribution in [0.1, 0.15) is 71.1 Å². The van der Waals surface area contributed by atoms with Crippen molar-refractivity contribution in [2.75, 3.05) is 32.7 Å². The zero-order chi connectivity index (χ0) is 16.8. The number of piperidine rings is 2. The standard InChI is InChI=1S/C20H37N3O/c1-2-22-14-11-17(12-15-22)20(24)21-18-8-7-13-23(16-18)19-9-5-3-4-6-10-19/h17-19H,2-16H2,1H3,(H,21,24)/t18-/m1/s1. The molecule has 3 aliphatic rings. The van der Waals surface area contributed by atoms with Gasteiger partial charge in [-0.2, -0.15) is 0 Å². The maximum absolute atomic E-state index is 12.7. The quantitative estimate of drug-likeness (QED) is 0.802. The third kappa shape index (κ3) is 4.95. The Hall–Kier alpha value is -0.610. The van der Waals surface area contributed by atoms with E-state index in [0.29, 0.717) is 11.9 Å². The zero-order valence-corrected chi connectivity index (χ0v) is 15.6. The molecule has 1 saturated carbocycles. The van der Waals surface area contributed by atoms with Gasteiger partial charge in [-0.3, -0.25) is 9.69 Å². The van der Waals surface area contributed by atoms with Gasteiger partial charge in [0.15, 0.2) is 0 Å². The van der Waals surface area contributed by atoms with Crippen LogP contribution in [0.2, 0.25) is 0 Å². The SMILES string of the molecule is CCN1CCC(C(=O)N[C@@H]2CCCN(C3CCCCCC3)C2)CC1. The van der Waals surface area contributed by atoms with E-state index in [1.165, 1.54) is 57.9 Å². The molecule has 4 nitrogen and oxygen atoms in total. The summed E-state index contributed by atoms with van der Waals surface area (Å²) in [4.78, 5) is 17.8. The Labute approximate surface area is 148 Å². The summed E-state index contributed by atoms with van der Waals surface area (Å²) >= 11 is 0. The molecule has 2 aliphatic heterocycles. The van der Waals surface area contributed by atoms with E-state index >= 15 is 0 Å². The van der Waals surface area contributed by atoms with Gasteiger partial charge in [-0.05, 0) is 64.7 Å². The molecular formula is C20H37N3O. The predicted octanol–water partition coefficient (Wildman–Crippen LogP) is 3.02. The Morgan fingerprint density at radius 1 is 0.917 bits per heavy atom. The predicted molar refractivity (Wildman–Crippen MR) is 99.1 cm³/mol. The van der Waals surface area contributed by atoms with Crippen molar-refractivity contribution in [3.63, 3.8) is 0 Å². The molecule has 1 amide bonds. The average molecular weight is 336 g/mol. The lowest BCUT2D eigenvalue weighted by Crippen LogP contribution is -2.52. The molecule has 0 radical (unpaired) electrons. The molecule has 2 saturated heterocycles. The summed E-state index contributed by atoms with van der Waals surface area (Å²) in [6.07, 6.45) is 12.9. The van der Waals surface area contributed by atoms with Crippen LogP contribution in [-0.4, -0.2) is 60.5 Å². The molecule has 0 bridgehead atoms. The molecule has 3 rings (SSSR count). The fourth-order valence-corrected chi connectivity index (χ4v) is 4.91. The largest absolute Gasteiger partial charge is 0.352 e. The van der Waals surface area contributed by atoms with Crippen LogP contribution in [0.3, 0.4) is 0 Å². The van der Waals surface area contributed by atoms with Gasteiger partial charge in [0.2, 0.25) is 5.91 Å². The van der Waals surface area contributed by atoms with Crippen molar-refractivity contribution in [1.29, 1.82) is 0 Å². The first-order valence-electron chi connectivity index (χ1n) is 10.5. The highest BCUT2D eigenvalue weighted by atomic mass is 16.2. The van der Waals surface area contributed by atoms with Gasteiger partial charge in [-0.15, -0.1) is 0 Å². The second-order valence-electron chi connectivity index (χ2n) is 8.20. The Morgan fingerprint density at radius 3 is 2.29 bits per heavy atom. The van der Waals surface area contributed by atoms with E-state index < -0.39 is 0 Å². The van der Waals surface area contributed by atoms with Crippen LogP contribution in [-0.2, 0) is 4.79 Å². The second-order valence-corrected chi connectivity index (χ2v) is 8.20. The van der Waals surface area contributed by atoms with Crippen molar-refractivity contribution in [2.45, 2.75) is 83.2 Å². The van der Waals surface area contributed by atoms with E-state index in [9.17, 15) is 4.79 Å². The molecule has 1 atom stereocenters. The first-order chi connectivity index (χ1) is 11.8. The van der Waals surface area contributed by atoms with E-state index in [1.807, 2.05) is 0 Å². The molecule has 1 aliphatic carbocycles. The summed E-state index contributed by atoms with van der Waals surface area (Å²) in [5.41, 5.74) is 0. The number of carbonyl (C=O) groups excluding carboxylic acids is 1. The Kier molecular flexibility index (Phi) is 6.96. The minimum absolute atomic E-state index is 0.251. The van der Waals surface area contributed by atoms with Crippen LogP contribution < -0.4 is 5.32 Å². The molecule has 138 valence electrons. The maximum Gasteiger partial charge on any atom is 0.223 e. The van der Waals surface area contributed by atoms with Crippen molar-refractivity contribution in [3.05, 3.63) is 0 Å². The lowest BCUT2D eigenvalue weighted by Gasteiger charge is -2.39. The number of nitrogens with one attached hydrogen (secondary N) is 1. The molecule has 0 spiro atoms. The van der Waals surface area contributed by atoms with E-state index in [-0.39, 0.29) is 5.92 Å². The third-order valence-electron chi connectivity index (χ3n) is 6.55. The molecule has 1 N–H and O–H groups in total. The lowest BCUT2D eigenvalue weighted by atomic mass is 9.94. The summed E-state index contributed by atoms with van der Waals surface area (Å²) in [5.74, 6) is 0.583. The van der Waals surface area contributed by atoms with Crippen molar-refractivity contribution < 1.29 is 4.79 Å². The number of nitrogens with zero attached hydrogens (tertiary/aromatic N) is 2. The maximum atomic E-state index is 12.7. The Morgan fingerprint density at radius 2 is 1.62 bits per heavy atom. The Bertz CT molecular complexity index is 384. The van der Waals surface area contributed by atoms with Gasteiger partial charge < -0.3 is 10.2 Å². The first-order valence-corrected chi connectivity index (χ1v) is 10.5. The first kappa shape index (κ1) is 18.2. The van der Waals surface area contributed by atoms with Crippen molar-refractivity contribution in [1.82, 2.24) is 15.1 Å². The molecule has 0 aromatic rings. The molecule has 4 heteroatoms. The minimum atomic E-state index is 0.251. The molecule has 2 heterocycles. The fourth-order valence-electron chi connectivity index (χ4n) is 4.91. The smallest absolute Gasteiger partial charge is 0.223 e.